The van der Waals surface area contributed by atoms with Gasteiger partial charge in [-0.2, -0.15) is 0 Å². The molecule has 68 valence electrons. The molecule has 0 aromatic carbocycles. The maximum Gasteiger partial charge on any atom is 0.290 e. The number of aromatic nitrogens is 2. The number of hydrogen-bond acceptors (Lipinski definition) is 3. The molecule has 0 aliphatic rings. The van der Waals surface area contributed by atoms with Crippen LogP contribution in [0.3, 0.4) is 0 Å². The van der Waals surface area contributed by atoms with Gasteiger partial charge in [-0.1, -0.05) is 0 Å². The second kappa shape index (κ2) is 4.99. The third kappa shape index (κ3) is 2.99. The van der Waals surface area contributed by atoms with Crippen LogP contribution in [0.4, 0.5) is 5.82 Å². The normalized spacial score (nSPS) is 8.69. The number of aromatic amines is 1. The lowest BCUT2D eigenvalue weighted by atomic mass is 10.4. The first kappa shape index (κ1) is 9.33. The molecule has 0 aliphatic heterocycles. The lowest BCUT2D eigenvalue weighted by Gasteiger charge is -1.99. The second-order valence-electron chi connectivity index (χ2n) is 2.37. The minimum atomic E-state index is -0.202. The summed E-state index contributed by atoms with van der Waals surface area (Å²) in [4.78, 5) is 17.5. The Morgan fingerprint density at radius 1 is 1.69 bits per heavy atom. The molecule has 4 nitrogen and oxygen atoms in total. The van der Waals surface area contributed by atoms with Gasteiger partial charge < -0.3 is 10.3 Å². The molecule has 0 unspecified atom stereocenters. The van der Waals surface area contributed by atoms with Gasteiger partial charge in [-0.15, -0.1) is 11.8 Å². The van der Waals surface area contributed by atoms with E-state index in [1.54, 1.807) is 6.92 Å². The Hall–Kier alpha value is -1.76. The third-order valence-corrected chi connectivity index (χ3v) is 1.43. The molecule has 0 bridgehead atoms. The largest absolute Gasteiger partial charge is 0.365 e. The predicted octanol–water partition coefficient (Wildman–Crippen LogP) is 0.595. The summed E-state index contributed by atoms with van der Waals surface area (Å²) in [6.07, 6.45) is 3.75. The summed E-state index contributed by atoms with van der Waals surface area (Å²) in [5.41, 5.74) is -0.202. The van der Waals surface area contributed by atoms with E-state index in [9.17, 15) is 4.79 Å². The van der Waals surface area contributed by atoms with Crippen LogP contribution in [0.25, 0.3) is 0 Å². The molecule has 0 saturated carbocycles. The van der Waals surface area contributed by atoms with Crippen LogP contribution in [0.15, 0.2) is 17.2 Å². The Labute approximate surface area is 76.4 Å². The van der Waals surface area contributed by atoms with Crippen LogP contribution in [0.5, 0.6) is 0 Å². The summed E-state index contributed by atoms with van der Waals surface area (Å²) >= 11 is 0. The van der Waals surface area contributed by atoms with Crippen molar-refractivity contribution < 1.29 is 0 Å². The van der Waals surface area contributed by atoms with Gasteiger partial charge in [-0.3, -0.25) is 4.79 Å². The predicted molar refractivity (Wildman–Crippen MR) is 51.4 cm³/mol. The highest BCUT2D eigenvalue weighted by atomic mass is 16.1. The van der Waals surface area contributed by atoms with Crippen molar-refractivity contribution in [3.8, 4) is 11.8 Å². The highest BCUT2D eigenvalue weighted by Crippen LogP contribution is 1.89. The van der Waals surface area contributed by atoms with Crippen molar-refractivity contribution >= 4 is 5.82 Å². The average molecular weight is 177 g/mol. The zero-order chi connectivity index (χ0) is 9.52. The van der Waals surface area contributed by atoms with Gasteiger partial charge >= 0.3 is 0 Å². The van der Waals surface area contributed by atoms with Crippen molar-refractivity contribution in [2.45, 2.75) is 13.3 Å². The molecule has 0 spiro atoms. The minimum absolute atomic E-state index is 0.202. The summed E-state index contributed by atoms with van der Waals surface area (Å²) in [6.45, 7) is 2.43. The number of anilines is 1. The van der Waals surface area contributed by atoms with Gasteiger partial charge in [-0.05, 0) is 6.92 Å². The number of nitrogens with one attached hydrogen (secondary N) is 2. The van der Waals surface area contributed by atoms with Crippen molar-refractivity contribution in [1.82, 2.24) is 9.97 Å². The van der Waals surface area contributed by atoms with Gasteiger partial charge in [0.25, 0.3) is 5.56 Å². The lowest BCUT2D eigenvalue weighted by molar-refractivity contribution is 1.04. The molecule has 0 saturated heterocycles. The Kier molecular flexibility index (Phi) is 3.58. The topological polar surface area (TPSA) is 57.8 Å². The molecule has 13 heavy (non-hydrogen) atoms. The van der Waals surface area contributed by atoms with Crippen molar-refractivity contribution in [3.63, 3.8) is 0 Å². The van der Waals surface area contributed by atoms with Gasteiger partial charge in [0.1, 0.15) is 0 Å². The van der Waals surface area contributed by atoms with Crippen LogP contribution in [0.2, 0.25) is 0 Å². The van der Waals surface area contributed by atoms with E-state index in [1.165, 1.54) is 12.4 Å². The monoisotopic (exact) mass is 177 g/mol. The Morgan fingerprint density at radius 3 is 3.23 bits per heavy atom. The molecule has 0 fully saturated rings. The van der Waals surface area contributed by atoms with E-state index in [4.69, 9.17) is 0 Å². The molecule has 0 radical (unpaired) electrons. The van der Waals surface area contributed by atoms with E-state index in [0.717, 1.165) is 0 Å². The average Bonchev–Trinajstić information content (AvgIpc) is 2.15. The van der Waals surface area contributed by atoms with Crippen LogP contribution in [-0.4, -0.2) is 16.5 Å². The first-order valence-electron chi connectivity index (χ1n) is 4.02. The van der Waals surface area contributed by atoms with Crippen molar-refractivity contribution in [3.05, 3.63) is 22.7 Å². The fourth-order valence-electron chi connectivity index (χ4n) is 0.846. The van der Waals surface area contributed by atoms with Crippen LogP contribution in [0.1, 0.15) is 13.3 Å². The fraction of sp³-hybridized carbons (Fsp3) is 0.333. The molecule has 1 rings (SSSR count). The summed E-state index contributed by atoms with van der Waals surface area (Å²) in [7, 11) is 0. The zero-order valence-electron chi connectivity index (χ0n) is 7.42. The molecule has 4 heteroatoms. The lowest BCUT2D eigenvalue weighted by Crippen LogP contribution is -2.15. The first-order chi connectivity index (χ1) is 6.34. The number of hydrogen-bond donors (Lipinski definition) is 2. The molecule has 0 aliphatic carbocycles. The van der Waals surface area contributed by atoms with E-state index >= 15 is 0 Å². The molecule has 0 atom stereocenters. The first-order valence-corrected chi connectivity index (χ1v) is 4.02. The molecular formula is C9H11N3O. The van der Waals surface area contributed by atoms with Crippen molar-refractivity contribution in [1.29, 1.82) is 0 Å². The Balaban J connectivity index is 2.49. The van der Waals surface area contributed by atoms with Gasteiger partial charge in [0, 0.05) is 25.4 Å². The van der Waals surface area contributed by atoms with E-state index in [2.05, 4.69) is 27.1 Å². The van der Waals surface area contributed by atoms with E-state index in [1.807, 2.05) is 0 Å². The molecular weight excluding hydrogens is 166 g/mol. The standard InChI is InChI=1S/C9H11N3O/c1-2-3-4-5-10-8-9(13)12-7-6-11-8/h6-7H,4-5H2,1H3,(H,10,11)(H,12,13). The summed E-state index contributed by atoms with van der Waals surface area (Å²) < 4.78 is 0. The highest BCUT2D eigenvalue weighted by molar-refractivity contribution is 5.30. The summed E-state index contributed by atoms with van der Waals surface area (Å²) in [5, 5.41) is 2.89. The van der Waals surface area contributed by atoms with E-state index in [0.29, 0.717) is 18.8 Å². The van der Waals surface area contributed by atoms with E-state index in [-0.39, 0.29) is 5.56 Å². The van der Waals surface area contributed by atoms with Gasteiger partial charge in [0.05, 0.1) is 0 Å². The van der Waals surface area contributed by atoms with Gasteiger partial charge in [0.2, 0.25) is 0 Å². The molecule has 1 aromatic rings. The van der Waals surface area contributed by atoms with Gasteiger partial charge in [-0.25, -0.2) is 4.98 Å². The Bertz CT molecular complexity index is 372. The fourth-order valence-corrected chi connectivity index (χ4v) is 0.846. The zero-order valence-corrected chi connectivity index (χ0v) is 7.42. The van der Waals surface area contributed by atoms with Crippen LogP contribution in [0, 0.1) is 11.8 Å². The molecule has 2 N–H and O–H groups in total. The number of rotatable bonds is 3. The SMILES string of the molecule is CC#CCCNc1ncc[nH]c1=O. The maximum absolute atomic E-state index is 11.1. The van der Waals surface area contributed by atoms with Crippen molar-refractivity contribution in [2.24, 2.45) is 0 Å². The molecule has 1 heterocycles. The van der Waals surface area contributed by atoms with Crippen molar-refractivity contribution in [2.75, 3.05) is 11.9 Å². The second-order valence-corrected chi connectivity index (χ2v) is 2.37. The quantitative estimate of drug-likeness (QED) is 0.525. The van der Waals surface area contributed by atoms with Crippen LogP contribution < -0.4 is 10.9 Å². The van der Waals surface area contributed by atoms with Crippen LogP contribution >= 0.6 is 0 Å². The number of nitrogens with zero attached hydrogens (tertiary/aromatic N) is 1. The van der Waals surface area contributed by atoms with E-state index < -0.39 is 0 Å². The maximum atomic E-state index is 11.1. The Morgan fingerprint density at radius 2 is 2.54 bits per heavy atom. The summed E-state index contributed by atoms with van der Waals surface area (Å²) in [6, 6.07) is 0. The molecule has 1 aromatic heterocycles. The minimum Gasteiger partial charge on any atom is -0.365 e. The molecule has 0 amide bonds. The third-order valence-electron chi connectivity index (χ3n) is 1.43. The smallest absolute Gasteiger partial charge is 0.290 e. The number of H-pyrrole nitrogens is 1. The van der Waals surface area contributed by atoms with Crippen LogP contribution in [-0.2, 0) is 0 Å². The highest BCUT2D eigenvalue weighted by Gasteiger charge is 1.95. The summed E-state index contributed by atoms with van der Waals surface area (Å²) in [5.74, 6) is 6.01. The van der Waals surface area contributed by atoms with Gasteiger partial charge in [0.15, 0.2) is 5.82 Å².